The summed E-state index contributed by atoms with van der Waals surface area (Å²) >= 11 is 0. The normalized spacial score (nSPS) is 22.0. The molecule has 10 atom stereocenters. The van der Waals surface area contributed by atoms with Crippen LogP contribution in [0.3, 0.4) is 0 Å². The van der Waals surface area contributed by atoms with Gasteiger partial charge in [-0.3, -0.25) is 19.4 Å². The highest BCUT2D eigenvalue weighted by atomic mass is 32.2. The molecular weight excluding hydrogens is 1570 g/mol. The van der Waals surface area contributed by atoms with E-state index in [4.69, 9.17) is 33.5 Å². The predicted octanol–water partition coefficient (Wildman–Crippen LogP) is 15.9. The zero-order valence-electron chi connectivity index (χ0n) is 70.8. The number of likely N-dealkylation sites (tertiary alicyclic amines) is 3. The van der Waals surface area contributed by atoms with E-state index >= 15 is 0 Å². The Bertz CT molecular complexity index is 5320. The van der Waals surface area contributed by atoms with Crippen molar-refractivity contribution in [1.82, 2.24) is 50.6 Å². The van der Waals surface area contributed by atoms with E-state index in [0.717, 1.165) is 119 Å². The largest absolute Gasteiger partial charge is 0.534 e. The molecule has 4 fully saturated rings. The van der Waals surface area contributed by atoms with Crippen LogP contribution in [0.2, 0.25) is 0 Å². The fraction of sp³-hybridized carbons (Fsp3) is 0.462. The number of alkyl carbamates (subject to hydrolysis) is 3. The number of carbonyl (C=O) groups excluding carboxylic acids is 6. The first-order valence-electron chi connectivity index (χ1n) is 41.7. The number of benzene rings is 5. The highest BCUT2D eigenvalue weighted by molar-refractivity contribution is 7.88. The van der Waals surface area contributed by atoms with Crippen molar-refractivity contribution in [3.63, 3.8) is 0 Å². The molecule has 0 radical (unpaired) electrons. The zero-order valence-corrected chi connectivity index (χ0v) is 71.6. The van der Waals surface area contributed by atoms with Crippen molar-refractivity contribution in [3.05, 3.63) is 185 Å². The molecule has 640 valence electrons. The number of rotatable bonds is 20. The molecule has 4 aliphatic carbocycles. The van der Waals surface area contributed by atoms with Crippen LogP contribution in [-0.4, -0.2) is 174 Å². The Morgan fingerprint density at radius 3 is 1.31 bits per heavy atom. The maximum absolute atomic E-state index is 13.7. The van der Waals surface area contributed by atoms with E-state index in [1.54, 1.807) is 12.3 Å². The standard InChI is InChI=1S/C52H59N7O6.C26H37BN4O5.C13H11F3O3S/c1-29(2)46(56-51(62)64-5)49(60)58-23-7-9-42(58)40-26-37(27-53-40)31-11-13-32(14-12-31)38-21-22-39(45-36-20-19-35(25-36)44(38)45)33-15-17-34(18-16-33)41-28-54-48(55-41)43-10-8-24-59(43)50(61)47(30(3)4)57-52(63)65-6;1-16(2)21(30-24(33)34-7)23(32)31-14-8-9-20(31)22-28-15-19(29-22)17-10-12-18(13-11-17)27-35-25(3,4)26(5,6)36-27;1-7-2-5-10(19-20(17,18)13(14,15)16)12-9-4-3-8(6-9)11(7)12/h11-22,27-30,35-36,42-43,46-47H,7-10,23-26H2,1-6H3,(H,54,55)(H,56,62)(H,57,63);10-13,15-16,20-21H,8-9,14H2,1-7H3,(H,28,29)(H,30,33);2-5,8-9H,6H2,1H3/t35?,36?,42-,43-,46-,47-;20-,21-;/m00./s1. The first-order valence-corrected chi connectivity index (χ1v) is 43.1. The highest BCUT2D eigenvalue weighted by Gasteiger charge is 2.53. The monoisotopic (exact) mass is 1680 g/mol. The Morgan fingerprint density at radius 1 is 0.521 bits per heavy atom. The third-order valence-corrected chi connectivity index (χ3v) is 26.4. The van der Waals surface area contributed by atoms with Crippen molar-refractivity contribution in [1.29, 1.82) is 0 Å². The van der Waals surface area contributed by atoms with Gasteiger partial charge in [-0.25, -0.2) is 24.4 Å². The number of nitrogens with zero attached hydrogens (tertiary/aromatic N) is 6. The number of methoxy groups -OCH3 is 3. The molecule has 5 aliphatic heterocycles. The summed E-state index contributed by atoms with van der Waals surface area (Å²) < 4.78 is 90.5. The number of ether oxygens (including phenoxy) is 3. The summed E-state index contributed by atoms with van der Waals surface area (Å²) in [6.45, 7) is 23.4. The number of nitrogens with one attached hydrogen (secondary N) is 5. The predicted molar refractivity (Wildman–Crippen MR) is 455 cm³/mol. The molecule has 0 saturated carbocycles. The first-order chi connectivity index (χ1) is 57.6. The summed E-state index contributed by atoms with van der Waals surface area (Å²) in [5.41, 5.74) is 11.9. The van der Waals surface area contributed by atoms with Crippen LogP contribution >= 0.6 is 0 Å². The lowest BCUT2D eigenvalue weighted by Crippen LogP contribution is -2.53. The van der Waals surface area contributed by atoms with Crippen LogP contribution in [0, 0.1) is 24.7 Å². The molecule has 0 spiro atoms. The van der Waals surface area contributed by atoms with Gasteiger partial charge in [0.15, 0.2) is 0 Å². The number of carbonyl (C=O) groups is 6. The molecule has 4 unspecified atom stereocenters. The minimum atomic E-state index is -5.63. The van der Waals surface area contributed by atoms with E-state index in [9.17, 15) is 50.4 Å². The fourth-order valence-electron chi connectivity index (χ4n) is 18.3. The van der Waals surface area contributed by atoms with Crippen LogP contribution in [0.4, 0.5) is 27.6 Å². The van der Waals surface area contributed by atoms with E-state index in [-0.39, 0.29) is 82.4 Å². The van der Waals surface area contributed by atoms with Crippen LogP contribution in [0.1, 0.15) is 208 Å². The van der Waals surface area contributed by atoms with E-state index in [1.807, 2.05) is 140 Å². The van der Waals surface area contributed by atoms with Gasteiger partial charge in [0.2, 0.25) is 17.7 Å². The molecule has 30 heteroatoms. The Morgan fingerprint density at radius 2 is 0.901 bits per heavy atom. The number of halogens is 3. The number of alkyl halides is 3. The van der Waals surface area contributed by atoms with Gasteiger partial charge >= 0.3 is 41.0 Å². The average Bonchev–Trinajstić information content (AvgIpc) is 1.59. The topological polar surface area (TPSA) is 307 Å². The Labute approximate surface area is 704 Å². The minimum absolute atomic E-state index is 0.0617. The number of H-pyrrole nitrogens is 2. The van der Waals surface area contributed by atoms with E-state index in [2.05, 4.69) is 108 Å². The Hall–Kier alpha value is -10.8. The summed E-state index contributed by atoms with van der Waals surface area (Å²) in [5, 5.41) is 8.14. The second-order valence-corrected chi connectivity index (χ2v) is 36.2. The maximum atomic E-state index is 13.7. The van der Waals surface area contributed by atoms with Gasteiger partial charge in [-0.15, -0.1) is 0 Å². The second-order valence-electron chi connectivity index (χ2n) is 34.7. The summed E-state index contributed by atoms with van der Waals surface area (Å²) in [4.78, 5) is 103. The van der Waals surface area contributed by atoms with Gasteiger partial charge < -0.3 is 68.3 Å². The summed E-state index contributed by atoms with van der Waals surface area (Å²) in [6.07, 6.45) is 20.0. The van der Waals surface area contributed by atoms with Crippen LogP contribution in [0.15, 0.2) is 145 Å². The van der Waals surface area contributed by atoms with Gasteiger partial charge in [0, 0.05) is 67.2 Å². The molecule has 2 aromatic heterocycles. The van der Waals surface area contributed by atoms with Crippen molar-refractivity contribution in [3.8, 4) is 50.5 Å². The summed E-state index contributed by atoms with van der Waals surface area (Å²) in [7, 11) is -2.13. The fourth-order valence-corrected chi connectivity index (χ4v) is 18.8. The number of aliphatic imine (C=N–C) groups is 1. The number of aryl methyl sites for hydroxylation is 1. The number of allylic oxidation sites excluding steroid dienone is 5. The second kappa shape index (κ2) is 34.9. The number of aromatic amines is 2. The molecule has 9 aliphatic rings. The molecule has 7 aromatic rings. The van der Waals surface area contributed by atoms with Gasteiger partial charge in [-0.05, 0) is 182 Å². The van der Waals surface area contributed by atoms with Crippen molar-refractivity contribution in [2.24, 2.45) is 22.7 Å². The molecule has 6 amide bonds. The zero-order chi connectivity index (χ0) is 86.5. The van der Waals surface area contributed by atoms with Crippen molar-refractivity contribution >= 4 is 70.0 Å². The number of imidazole rings is 2. The lowest BCUT2D eigenvalue weighted by atomic mass is 9.79. The molecule has 16 rings (SSSR count). The number of aromatic nitrogens is 4. The van der Waals surface area contributed by atoms with Gasteiger partial charge in [-0.1, -0.05) is 157 Å². The van der Waals surface area contributed by atoms with Gasteiger partial charge in [0.25, 0.3) is 0 Å². The Balaban J connectivity index is 0.000000177. The van der Waals surface area contributed by atoms with Crippen LogP contribution < -0.4 is 25.6 Å². The lowest BCUT2D eigenvalue weighted by molar-refractivity contribution is -0.136. The van der Waals surface area contributed by atoms with Crippen LogP contribution in [-0.2, 0) is 48.0 Å². The molecule has 5 N–H and O–H groups in total. The molecule has 25 nitrogen and oxygen atoms in total. The van der Waals surface area contributed by atoms with Crippen molar-refractivity contribution in [2.75, 3.05) is 41.0 Å². The first kappa shape index (κ1) is 86.5. The van der Waals surface area contributed by atoms with E-state index in [1.165, 1.54) is 60.8 Å². The third kappa shape index (κ3) is 17.6. The van der Waals surface area contributed by atoms with Gasteiger partial charge in [0.05, 0.1) is 74.4 Å². The highest BCUT2D eigenvalue weighted by Crippen LogP contribution is 2.56. The average molecular weight is 1680 g/mol. The van der Waals surface area contributed by atoms with Gasteiger partial charge in [-0.2, -0.15) is 21.6 Å². The van der Waals surface area contributed by atoms with Crippen molar-refractivity contribution in [2.45, 2.75) is 211 Å². The molecule has 7 heterocycles. The molecule has 4 bridgehead atoms. The molecule has 5 aromatic carbocycles. The molecule has 4 saturated heterocycles. The number of fused-ring (bicyclic) bond motifs is 10. The van der Waals surface area contributed by atoms with Gasteiger partial charge in [0.1, 0.15) is 35.5 Å². The van der Waals surface area contributed by atoms with E-state index < -0.39 is 59.2 Å². The summed E-state index contributed by atoms with van der Waals surface area (Å²) in [5.74, 6) is 1.52. The number of hydrogen-bond donors (Lipinski definition) is 5. The molecular formula is C91H107BF3N11O14S. The summed E-state index contributed by atoms with van der Waals surface area (Å²) in [6, 6.07) is 30.6. The lowest BCUT2D eigenvalue weighted by Gasteiger charge is -2.32. The van der Waals surface area contributed by atoms with Crippen LogP contribution in [0.25, 0.3) is 50.3 Å². The van der Waals surface area contributed by atoms with E-state index in [0.29, 0.717) is 43.5 Å². The maximum Gasteiger partial charge on any atom is 0.534 e. The third-order valence-electron chi connectivity index (χ3n) is 25.5. The number of hydrogen-bond acceptors (Lipinski definition) is 17. The Kier molecular flexibility index (Phi) is 25.0. The molecule has 121 heavy (non-hydrogen) atoms. The smallest absolute Gasteiger partial charge is 0.453 e. The quantitative estimate of drug-likeness (QED) is 0.0156. The minimum Gasteiger partial charge on any atom is -0.453 e. The van der Waals surface area contributed by atoms with Crippen LogP contribution in [0.5, 0.6) is 5.75 Å². The SMILES string of the molecule is COC(=O)N[C@H](C(=O)N1CCC[C@H]1C1=NC=C(c2ccc(-c3ccc(-c4ccc(-c5cnc([C@@H]6CCCN6C(=O)[C@@H](NC(=O)OC)C(C)C)[nH]5)cc4)c4c3C3C=CC4C3)cc2)C1)C(C)C.COC(=O)N[C@H](C(=O)N1CCC[C@H]1c1ncc(-c2ccc(B3OC(C)(C)C(C)(C)O3)cc2)[nH]1)C(C)C.Cc1ccc(OS(=O)(=O)C(F)(F)F)c2c1C1C=CC2C1. The van der Waals surface area contributed by atoms with Crippen molar-refractivity contribution < 1.29 is 78.1 Å². The number of amides is 6.